The first-order chi connectivity index (χ1) is 16.8. The fourth-order valence-electron chi connectivity index (χ4n) is 4.62. The van der Waals surface area contributed by atoms with Crippen LogP contribution < -0.4 is 4.72 Å². The predicted octanol–water partition coefficient (Wildman–Crippen LogP) is 5.65. The first-order valence-corrected chi connectivity index (χ1v) is 13.4. The topological polar surface area (TPSA) is 92.7 Å². The van der Waals surface area contributed by atoms with Crippen LogP contribution in [0.1, 0.15) is 24.7 Å². The molecule has 9 heteroatoms. The molecule has 0 aliphatic heterocycles. The van der Waals surface area contributed by atoms with E-state index in [1.807, 2.05) is 79.0 Å². The van der Waals surface area contributed by atoms with Crippen molar-refractivity contribution in [2.45, 2.75) is 18.9 Å². The number of fused-ring (bicyclic) bond motifs is 1. The minimum Gasteiger partial charge on any atom is -0.330 e. The number of aromatic amines is 1. The average molecular weight is 506 g/mol. The van der Waals surface area contributed by atoms with E-state index in [0.29, 0.717) is 28.8 Å². The Kier molecular flexibility index (Phi) is 5.86. The summed E-state index contributed by atoms with van der Waals surface area (Å²) in [7, 11) is -3.44. The summed E-state index contributed by atoms with van der Waals surface area (Å²) in [6.07, 6.45) is 3.75. The van der Waals surface area contributed by atoms with Crippen LogP contribution in [0.15, 0.2) is 85.1 Å². The lowest BCUT2D eigenvalue weighted by atomic mass is 9.85. The number of rotatable bonds is 7. The van der Waals surface area contributed by atoms with Crippen molar-refractivity contribution < 1.29 is 8.42 Å². The fraction of sp³-hybridized carbons (Fsp3) is 0.154. The molecule has 0 radical (unpaired) electrons. The van der Waals surface area contributed by atoms with Crippen molar-refractivity contribution in [1.82, 2.24) is 19.7 Å². The zero-order chi connectivity index (χ0) is 24.6. The van der Waals surface area contributed by atoms with Gasteiger partial charge in [-0.2, -0.15) is 0 Å². The Morgan fingerprint density at radius 2 is 1.71 bits per heavy atom. The highest BCUT2D eigenvalue weighted by atomic mass is 35.5. The van der Waals surface area contributed by atoms with Gasteiger partial charge < -0.3 is 9.55 Å². The van der Waals surface area contributed by atoms with E-state index in [1.165, 1.54) is 0 Å². The lowest BCUT2D eigenvalue weighted by molar-refractivity contribution is 0.405. The van der Waals surface area contributed by atoms with Gasteiger partial charge in [0.05, 0.1) is 17.5 Å². The highest BCUT2D eigenvalue weighted by Crippen LogP contribution is 2.40. The maximum Gasteiger partial charge on any atom is 0.229 e. The standard InChI is InChI=1S/C26H24ClN5O2S/c1-3-26(19-12-14-20(27)15-13-19,25-28-24(29-30-25)18-8-5-4-6-9-18)32-17-16-21-22(31-35(2,33)34)10-7-11-23(21)32/h4-17,31H,3H2,1-2H3,(H,28,29,30)/t26-/m1/s1. The molecule has 35 heavy (non-hydrogen) atoms. The van der Waals surface area contributed by atoms with Gasteiger partial charge in [0.25, 0.3) is 0 Å². The summed E-state index contributed by atoms with van der Waals surface area (Å²) in [4.78, 5) is 3.45. The van der Waals surface area contributed by atoms with Crippen LogP contribution in [0.4, 0.5) is 5.69 Å². The number of anilines is 1. The molecule has 3 aromatic carbocycles. The van der Waals surface area contributed by atoms with Gasteiger partial charge in [0.1, 0.15) is 5.54 Å². The van der Waals surface area contributed by atoms with Crippen LogP contribution in [0.5, 0.6) is 0 Å². The molecule has 2 N–H and O–H groups in total. The van der Waals surface area contributed by atoms with Gasteiger partial charge in [0.15, 0.2) is 11.6 Å². The molecule has 5 rings (SSSR count). The van der Waals surface area contributed by atoms with Crippen molar-refractivity contribution >= 4 is 38.2 Å². The van der Waals surface area contributed by atoms with E-state index >= 15 is 0 Å². The smallest absolute Gasteiger partial charge is 0.229 e. The molecule has 0 saturated carbocycles. The summed E-state index contributed by atoms with van der Waals surface area (Å²) in [6.45, 7) is 2.09. The van der Waals surface area contributed by atoms with Crippen LogP contribution in [0, 0.1) is 0 Å². The minimum atomic E-state index is -3.44. The summed E-state index contributed by atoms with van der Waals surface area (Å²) < 4.78 is 28.7. The Bertz CT molecular complexity index is 1590. The number of hydrogen-bond donors (Lipinski definition) is 2. The Morgan fingerprint density at radius 3 is 2.40 bits per heavy atom. The van der Waals surface area contributed by atoms with Gasteiger partial charge in [-0.1, -0.05) is 67.1 Å². The number of halogens is 1. The van der Waals surface area contributed by atoms with E-state index in [-0.39, 0.29) is 0 Å². The van der Waals surface area contributed by atoms with Crippen LogP contribution in [0.3, 0.4) is 0 Å². The molecule has 2 aromatic heterocycles. The molecular weight excluding hydrogens is 482 g/mol. The van der Waals surface area contributed by atoms with E-state index in [4.69, 9.17) is 11.6 Å². The molecule has 5 aromatic rings. The van der Waals surface area contributed by atoms with Crippen molar-refractivity contribution in [3.05, 3.63) is 101 Å². The third-order valence-electron chi connectivity index (χ3n) is 6.20. The van der Waals surface area contributed by atoms with Crippen LogP contribution in [-0.2, 0) is 15.6 Å². The molecule has 0 fully saturated rings. The SMILES string of the molecule is CC[C@@](c1ccc(Cl)cc1)(c1nnc(-c2ccccc2)[nH]1)n1ccc2c(NS(C)(=O)=O)cccc21. The zero-order valence-electron chi connectivity index (χ0n) is 19.2. The van der Waals surface area contributed by atoms with Gasteiger partial charge in [-0.15, -0.1) is 10.2 Å². The molecular formula is C26H24ClN5O2S. The van der Waals surface area contributed by atoms with Gasteiger partial charge >= 0.3 is 0 Å². The van der Waals surface area contributed by atoms with Crippen LogP contribution >= 0.6 is 11.6 Å². The van der Waals surface area contributed by atoms with E-state index in [2.05, 4.69) is 31.4 Å². The maximum absolute atomic E-state index is 12.0. The van der Waals surface area contributed by atoms with Gasteiger partial charge in [0, 0.05) is 22.2 Å². The molecule has 1 atom stereocenters. The molecule has 0 aliphatic carbocycles. The third-order valence-corrected chi connectivity index (χ3v) is 7.04. The van der Waals surface area contributed by atoms with Crippen LogP contribution in [0.2, 0.25) is 5.02 Å². The highest BCUT2D eigenvalue weighted by molar-refractivity contribution is 7.92. The first kappa shape index (κ1) is 23.1. The molecule has 178 valence electrons. The summed E-state index contributed by atoms with van der Waals surface area (Å²) in [5.41, 5.74) is 2.53. The fourth-order valence-corrected chi connectivity index (χ4v) is 5.32. The average Bonchev–Trinajstić information content (AvgIpc) is 3.50. The lowest BCUT2D eigenvalue weighted by Gasteiger charge is -2.34. The summed E-state index contributed by atoms with van der Waals surface area (Å²) in [5, 5.41) is 10.5. The second-order valence-electron chi connectivity index (χ2n) is 8.41. The van der Waals surface area contributed by atoms with Gasteiger partial charge in [-0.3, -0.25) is 4.72 Å². The largest absolute Gasteiger partial charge is 0.330 e. The van der Waals surface area contributed by atoms with Crippen molar-refractivity contribution in [2.24, 2.45) is 0 Å². The Morgan fingerprint density at radius 1 is 0.971 bits per heavy atom. The Hall–Kier alpha value is -3.62. The molecule has 7 nitrogen and oxygen atoms in total. The second kappa shape index (κ2) is 8.87. The van der Waals surface area contributed by atoms with E-state index in [1.54, 1.807) is 6.07 Å². The zero-order valence-corrected chi connectivity index (χ0v) is 20.8. The van der Waals surface area contributed by atoms with E-state index in [9.17, 15) is 8.42 Å². The number of hydrogen-bond acceptors (Lipinski definition) is 4. The van der Waals surface area contributed by atoms with Gasteiger partial charge in [-0.25, -0.2) is 8.42 Å². The van der Waals surface area contributed by atoms with Gasteiger partial charge in [0.2, 0.25) is 10.0 Å². The van der Waals surface area contributed by atoms with Crippen molar-refractivity contribution in [2.75, 3.05) is 11.0 Å². The predicted molar refractivity (Wildman–Crippen MR) is 140 cm³/mol. The summed E-state index contributed by atoms with van der Waals surface area (Å²) in [5.74, 6) is 1.34. The summed E-state index contributed by atoms with van der Waals surface area (Å²) >= 11 is 6.23. The van der Waals surface area contributed by atoms with Crippen molar-refractivity contribution in [3.63, 3.8) is 0 Å². The Balaban J connectivity index is 1.76. The number of H-pyrrole nitrogens is 1. The molecule has 0 saturated heterocycles. The van der Waals surface area contributed by atoms with Crippen molar-refractivity contribution in [3.8, 4) is 11.4 Å². The number of benzene rings is 3. The maximum atomic E-state index is 12.0. The minimum absolute atomic E-state index is 0.521. The molecule has 0 amide bonds. The number of aromatic nitrogens is 4. The van der Waals surface area contributed by atoms with Gasteiger partial charge in [-0.05, 0) is 42.3 Å². The lowest BCUT2D eigenvalue weighted by Crippen LogP contribution is -2.36. The quantitative estimate of drug-likeness (QED) is 0.299. The normalized spacial score (nSPS) is 13.6. The van der Waals surface area contributed by atoms with Crippen LogP contribution in [0.25, 0.3) is 22.3 Å². The van der Waals surface area contributed by atoms with E-state index in [0.717, 1.165) is 28.3 Å². The number of sulfonamides is 1. The third kappa shape index (κ3) is 4.19. The summed E-state index contributed by atoms with van der Waals surface area (Å²) in [6, 6.07) is 25.0. The molecule has 0 bridgehead atoms. The van der Waals surface area contributed by atoms with E-state index < -0.39 is 15.6 Å². The molecule has 2 heterocycles. The van der Waals surface area contributed by atoms with Crippen LogP contribution in [-0.4, -0.2) is 34.4 Å². The second-order valence-corrected chi connectivity index (χ2v) is 10.6. The monoisotopic (exact) mass is 505 g/mol. The first-order valence-electron chi connectivity index (χ1n) is 11.1. The highest BCUT2D eigenvalue weighted by Gasteiger charge is 2.39. The molecule has 0 unspecified atom stereocenters. The number of nitrogens with zero attached hydrogens (tertiary/aromatic N) is 3. The van der Waals surface area contributed by atoms with Crippen molar-refractivity contribution in [1.29, 1.82) is 0 Å². The Labute approximate surface area is 208 Å². The molecule has 0 spiro atoms. The number of nitrogens with one attached hydrogen (secondary N) is 2. The molecule has 0 aliphatic rings.